The maximum Gasteiger partial charge on any atom is 0.0905 e. The topological polar surface area (TPSA) is 25.8 Å². The lowest BCUT2D eigenvalue weighted by Gasteiger charge is -2.23. The molecule has 0 aliphatic heterocycles. The van der Waals surface area contributed by atoms with Crippen molar-refractivity contribution in [2.24, 2.45) is 0 Å². The van der Waals surface area contributed by atoms with Crippen LogP contribution in [0.1, 0.15) is 17.7 Å². The molecule has 1 aromatic carbocycles. The molecule has 1 unspecified atom stereocenters. The number of aromatic nitrogens is 2. The molecule has 0 amide bonds. The minimum absolute atomic E-state index is 0.399. The van der Waals surface area contributed by atoms with Crippen molar-refractivity contribution in [1.82, 2.24) is 9.97 Å². The molecule has 2 heterocycles. The molecule has 3 rings (SSSR count). The Labute approximate surface area is 137 Å². The van der Waals surface area contributed by atoms with Crippen LogP contribution in [0, 0.1) is 0 Å². The highest BCUT2D eigenvalue weighted by atomic mass is 33.1. The van der Waals surface area contributed by atoms with E-state index in [4.69, 9.17) is 0 Å². The number of rotatable bonds is 5. The summed E-state index contributed by atoms with van der Waals surface area (Å²) >= 11 is 0. The number of thiol groups is 1. The summed E-state index contributed by atoms with van der Waals surface area (Å²) in [6.07, 6.45) is 3.72. The molecule has 0 saturated heterocycles. The van der Waals surface area contributed by atoms with E-state index in [-0.39, 0.29) is 0 Å². The van der Waals surface area contributed by atoms with Crippen molar-refractivity contribution in [3.05, 3.63) is 84.7 Å². The molecule has 0 radical (unpaired) electrons. The molecule has 0 fully saturated rings. The van der Waals surface area contributed by atoms with Gasteiger partial charge >= 0.3 is 0 Å². The summed E-state index contributed by atoms with van der Waals surface area (Å²) in [6, 6.07) is 22.8. The van der Waals surface area contributed by atoms with E-state index in [1.54, 1.807) is 0 Å². The van der Waals surface area contributed by atoms with Crippen molar-refractivity contribution in [2.45, 2.75) is 22.2 Å². The average molecular weight is 326 g/mol. The van der Waals surface area contributed by atoms with E-state index in [0.29, 0.717) is 5.25 Å². The molecular formula is C18H18N2S2. The third-order valence-electron chi connectivity index (χ3n) is 3.25. The molecule has 2 nitrogen and oxygen atoms in total. The van der Waals surface area contributed by atoms with Gasteiger partial charge in [-0.3, -0.25) is 9.97 Å². The molecular weight excluding hydrogens is 308 g/mol. The van der Waals surface area contributed by atoms with Gasteiger partial charge in [0.1, 0.15) is 0 Å². The Morgan fingerprint density at radius 3 is 1.82 bits per heavy atom. The van der Waals surface area contributed by atoms with Gasteiger partial charge in [-0.25, -0.2) is 0 Å². The second-order valence-electron chi connectivity index (χ2n) is 4.83. The molecule has 0 aliphatic rings. The first kappa shape index (κ1) is 15.1. The molecule has 0 saturated carbocycles. The fourth-order valence-corrected chi connectivity index (χ4v) is 6.56. The molecule has 0 bridgehead atoms. The number of benzene rings is 1. The van der Waals surface area contributed by atoms with Crippen LogP contribution in [0.25, 0.3) is 0 Å². The van der Waals surface area contributed by atoms with Gasteiger partial charge < -0.3 is 0 Å². The molecule has 0 N–H and O–H groups in total. The van der Waals surface area contributed by atoms with E-state index < -0.39 is 9.93 Å². The minimum Gasteiger partial charge on any atom is -0.251 e. The van der Waals surface area contributed by atoms with E-state index in [0.717, 1.165) is 10.1 Å². The smallest absolute Gasteiger partial charge is 0.0905 e. The van der Waals surface area contributed by atoms with E-state index in [2.05, 4.69) is 59.4 Å². The van der Waals surface area contributed by atoms with Gasteiger partial charge in [-0.15, -0.1) is 9.93 Å². The van der Waals surface area contributed by atoms with E-state index in [9.17, 15) is 0 Å². The van der Waals surface area contributed by atoms with Crippen LogP contribution in [0.4, 0.5) is 0 Å². The Balaban J connectivity index is 1.90. The highest BCUT2D eigenvalue weighted by molar-refractivity contribution is 8.85. The summed E-state index contributed by atoms with van der Waals surface area (Å²) in [5.41, 5.74) is 1.34. The van der Waals surface area contributed by atoms with Crippen LogP contribution in [0.3, 0.4) is 0 Å². The van der Waals surface area contributed by atoms with Gasteiger partial charge in [0.25, 0.3) is 0 Å². The molecule has 2 aromatic heterocycles. The van der Waals surface area contributed by atoms with Gasteiger partial charge in [-0.2, -0.15) is 0 Å². The zero-order chi connectivity index (χ0) is 15.2. The van der Waals surface area contributed by atoms with Crippen LogP contribution in [0.15, 0.2) is 89.2 Å². The zero-order valence-electron chi connectivity index (χ0n) is 12.3. The quantitative estimate of drug-likeness (QED) is 0.508. The van der Waals surface area contributed by atoms with Crippen LogP contribution in [0.5, 0.6) is 0 Å². The lowest BCUT2D eigenvalue weighted by Crippen LogP contribution is -1.93. The molecule has 4 heteroatoms. The summed E-state index contributed by atoms with van der Waals surface area (Å²) in [4.78, 5) is 9.14. The van der Waals surface area contributed by atoms with Gasteiger partial charge in [0.15, 0.2) is 0 Å². The van der Waals surface area contributed by atoms with Gasteiger partial charge in [-0.05, 0) is 36.8 Å². The van der Waals surface area contributed by atoms with Crippen molar-refractivity contribution in [2.75, 3.05) is 0 Å². The standard InChI is InChI=1S/C18H18N2S2/c1-15(16-9-3-2-4-10-16)21-22(17-11-5-7-13-19-17)18-12-6-8-14-20-18/h2-15,22H,1H3. The second kappa shape index (κ2) is 7.47. The van der Waals surface area contributed by atoms with Crippen LogP contribution in [-0.2, 0) is 0 Å². The first-order valence-electron chi connectivity index (χ1n) is 7.18. The van der Waals surface area contributed by atoms with E-state index in [1.807, 2.05) is 47.5 Å². The summed E-state index contributed by atoms with van der Waals surface area (Å²) in [5, 5.41) is 2.63. The van der Waals surface area contributed by atoms with Gasteiger partial charge in [0.2, 0.25) is 0 Å². The summed E-state index contributed by atoms with van der Waals surface area (Å²) in [6.45, 7) is 2.25. The SMILES string of the molecule is CC(S[SH](c1ccccn1)c1ccccn1)c1ccccc1. The fourth-order valence-electron chi connectivity index (χ4n) is 2.12. The highest BCUT2D eigenvalue weighted by Gasteiger charge is 2.17. The molecule has 0 spiro atoms. The number of hydrogen-bond acceptors (Lipinski definition) is 3. The molecule has 0 aliphatic carbocycles. The average Bonchev–Trinajstić information content (AvgIpc) is 2.62. The number of hydrogen-bond donors (Lipinski definition) is 1. The summed E-state index contributed by atoms with van der Waals surface area (Å²) in [5.74, 6) is 0. The van der Waals surface area contributed by atoms with Crippen molar-refractivity contribution >= 4 is 20.7 Å². The van der Waals surface area contributed by atoms with Crippen molar-refractivity contribution in [1.29, 1.82) is 0 Å². The fraction of sp³-hybridized carbons (Fsp3) is 0.111. The summed E-state index contributed by atoms with van der Waals surface area (Å²) < 4.78 is 0. The van der Waals surface area contributed by atoms with Gasteiger partial charge in [0, 0.05) is 17.6 Å². The van der Waals surface area contributed by atoms with Crippen molar-refractivity contribution < 1.29 is 0 Å². The second-order valence-corrected chi connectivity index (χ2v) is 8.98. The van der Waals surface area contributed by atoms with Gasteiger partial charge in [-0.1, -0.05) is 53.3 Å². The number of pyridine rings is 2. The molecule has 3 aromatic rings. The largest absolute Gasteiger partial charge is 0.251 e. The van der Waals surface area contributed by atoms with E-state index in [1.165, 1.54) is 5.56 Å². The lowest BCUT2D eigenvalue weighted by molar-refractivity contribution is 1.08. The summed E-state index contributed by atoms with van der Waals surface area (Å²) in [7, 11) is 1.32. The van der Waals surface area contributed by atoms with Crippen molar-refractivity contribution in [3.63, 3.8) is 0 Å². The molecule has 22 heavy (non-hydrogen) atoms. The van der Waals surface area contributed by atoms with Gasteiger partial charge in [0.05, 0.1) is 10.1 Å². The first-order chi connectivity index (χ1) is 10.8. The van der Waals surface area contributed by atoms with Crippen molar-refractivity contribution in [3.8, 4) is 0 Å². The normalized spacial score (nSPS) is 12.7. The third-order valence-corrected chi connectivity index (χ3v) is 8.11. The first-order valence-corrected chi connectivity index (χ1v) is 10.0. The maximum atomic E-state index is 4.57. The number of nitrogens with zero attached hydrogens (tertiary/aromatic N) is 2. The molecule has 112 valence electrons. The van der Waals surface area contributed by atoms with Crippen LogP contribution in [-0.4, -0.2) is 9.97 Å². The zero-order valence-corrected chi connectivity index (χ0v) is 14.0. The monoisotopic (exact) mass is 326 g/mol. The predicted molar refractivity (Wildman–Crippen MR) is 96.4 cm³/mol. The van der Waals surface area contributed by atoms with Crippen LogP contribution in [0.2, 0.25) is 0 Å². The minimum atomic E-state index is -0.619. The lowest BCUT2D eigenvalue weighted by atomic mass is 10.2. The maximum absolute atomic E-state index is 4.57. The third kappa shape index (κ3) is 3.70. The Hall–Kier alpha value is -1.78. The Morgan fingerprint density at radius 1 is 0.773 bits per heavy atom. The Morgan fingerprint density at radius 2 is 1.32 bits per heavy atom. The highest BCUT2D eigenvalue weighted by Crippen LogP contribution is 2.58. The molecule has 1 atom stereocenters. The predicted octanol–water partition coefficient (Wildman–Crippen LogP) is 5.31. The van der Waals surface area contributed by atoms with Crippen LogP contribution >= 0.6 is 20.7 Å². The van der Waals surface area contributed by atoms with E-state index >= 15 is 0 Å². The van der Waals surface area contributed by atoms with Crippen LogP contribution < -0.4 is 0 Å². The Bertz CT molecular complexity index is 651. The Kier molecular flexibility index (Phi) is 5.14.